The minimum absolute atomic E-state index is 0.118. The SMILES string of the molecule is COc1ccc([C@@H]2C[C@@H]2C(=O)N[C@@H]2CCc3nccn3C2)cc1. The summed E-state index contributed by atoms with van der Waals surface area (Å²) < 4.78 is 7.32. The summed E-state index contributed by atoms with van der Waals surface area (Å²) in [4.78, 5) is 16.8. The van der Waals surface area contributed by atoms with E-state index in [4.69, 9.17) is 4.74 Å². The number of hydrogen-bond donors (Lipinski definition) is 1. The summed E-state index contributed by atoms with van der Waals surface area (Å²) in [6.45, 7) is 0.834. The Morgan fingerprint density at radius 2 is 2.17 bits per heavy atom. The Morgan fingerprint density at radius 3 is 2.96 bits per heavy atom. The molecule has 0 radical (unpaired) electrons. The first-order valence-corrected chi connectivity index (χ1v) is 8.19. The molecule has 5 heteroatoms. The van der Waals surface area contributed by atoms with Crippen molar-refractivity contribution in [3.05, 3.63) is 48.0 Å². The van der Waals surface area contributed by atoms with Gasteiger partial charge in [0.2, 0.25) is 5.91 Å². The van der Waals surface area contributed by atoms with E-state index in [2.05, 4.69) is 27.0 Å². The van der Waals surface area contributed by atoms with Gasteiger partial charge in [-0.3, -0.25) is 4.79 Å². The smallest absolute Gasteiger partial charge is 0.224 e. The fraction of sp³-hybridized carbons (Fsp3) is 0.444. The third kappa shape index (κ3) is 2.83. The summed E-state index contributed by atoms with van der Waals surface area (Å²) in [5.41, 5.74) is 1.23. The van der Waals surface area contributed by atoms with E-state index < -0.39 is 0 Å². The van der Waals surface area contributed by atoms with Gasteiger partial charge in [-0.2, -0.15) is 0 Å². The number of carbonyl (C=O) groups is 1. The van der Waals surface area contributed by atoms with Gasteiger partial charge in [-0.05, 0) is 36.5 Å². The lowest BCUT2D eigenvalue weighted by Gasteiger charge is -2.24. The molecule has 2 aliphatic rings. The molecule has 1 saturated carbocycles. The third-order valence-electron chi connectivity index (χ3n) is 4.95. The van der Waals surface area contributed by atoms with Gasteiger partial charge in [0.15, 0.2) is 0 Å². The van der Waals surface area contributed by atoms with E-state index in [1.807, 2.05) is 24.5 Å². The van der Waals surface area contributed by atoms with Crippen LogP contribution in [0.2, 0.25) is 0 Å². The van der Waals surface area contributed by atoms with Crippen LogP contribution in [0.5, 0.6) is 5.75 Å². The number of fused-ring (bicyclic) bond motifs is 1. The summed E-state index contributed by atoms with van der Waals surface area (Å²) >= 11 is 0. The molecule has 1 aromatic heterocycles. The first-order chi connectivity index (χ1) is 11.2. The maximum atomic E-state index is 12.5. The van der Waals surface area contributed by atoms with E-state index in [1.54, 1.807) is 7.11 Å². The first-order valence-electron chi connectivity index (χ1n) is 8.19. The van der Waals surface area contributed by atoms with Crippen molar-refractivity contribution in [2.75, 3.05) is 7.11 Å². The molecule has 1 aromatic carbocycles. The molecule has 4 rings (SSSR count). The predicted octanol–water partition coefficient (Wildman–Crippen LogP) is 2.13. The molecule has 2 heterocycles. The standard InChI is InChI=1S/C18H21N3O2/c1-23-14-5-2-12(3-6-14)15-10-16(15)18(22)20-13-4-7-17-19-8-9-21(17)11-13/h2-3,5-6,8-9,13,15-16H,4,7,10-11H2,1H3,(H,20,22)/t13-,15+,16+/m1/s1. The highest BCUT2D eigenvalue weighted by Crippen LogP contribution is 2.47. The highest BCUT2D eigenvalue weighted by atomic mass is 16.5. The summed E-state index contributed by atoms with van der Waals surface area (Å²) in [5.74, 6) is 2.65. The number of ether oxygens (including phenoxy) is 1. The number of hydrogen-bond acceptors (Lipinski definition) is 3. The van der Waals surface area contributed by atoms with Crippen molar-refractivity contribution >= 4 is 5.91 Å². The zero-order chi connectivity index (χ0) is 15.8. The second kappa shape index (κ2) is 5.72. The number of benzene rings is 1. The van der Waals surface area contributed by atoms with Gasteiger partial charge in [0.25, 0.3) is 0 Å². The van der Waals surface area contributed by atoms with Crippen molar-refractivity contribution in [1.82, 2.24) is 14.9 Å². The highest BCUT2D eigenvalue weighted by molar-refractivity contribution is 5.83. The van der Waals surface area contributed by atoms with E-state index >= 15 is 0 Å². The normalized spacial score (nSPS) is 25.5. The molecule has 1 aliphatic heterocycles. The van der Waals surface area contributed by atoms with Gasteiger partial charge in [-0.25, -0.2) is 4.98 Å². The van der Waals surface area contributed by atoms with Gasteiger partial charge in [0.1, 0.15) is 11.6 Å². The zero-order valence-corrected chi connectivity index (χ0v) is 13.2. The van der Waals surface area contributed by atoms with Crippen LogP contribution in [0.25, 0.3) is 0 Å². The molecule has 120 valence electrons. The molecule has 1 aliphatic carbocycles. The lowest BCUT2D eigenvalue weighted by Crippen LogP contribution is -2.41. The number of nitrogens with one attached hydrogen (secondary N) is 1. The minimum Gasteiger partial charge on any atom is -0.497 e. The van der Waals surface area contributed by atoms with Crippen molar-refractivity contribution < 1.29 is 9.53 Å². The zero-order valence-electron chi connectivity index (χ0n) is 13.2. The second-order valence-electron chi connectivity index (χ2n) is 6.46. The number of aromatic nitrogens is 2. The van der Waals surface area contributed by atoms with Crippen LogP contribution in [-0.4, -0.2) is 28.6 Å². The van der Waals surface area contributed by atoms with Crippen LogP contribution in [0.15, 0.2) is 36.7 Å². The number of methoxy groups -OCH3 is 1. The maximum absolute atomic E-state index is 12.5. The van der Waals surface area contributed by atoms with Gasteiger partial charge in [-0.15, -0.1) is 0 Å². The van der Waals surface area contributed by atoms with E-state index in [0.717, 1.165) is 37.4 Å². The van der Waals surface area contributed by atoms with Crippen molar-refractivity contribution in [3.8, 4) is 5.75 Å². The van der Waals surface area contributed by atoms with Crippen LogP contribution < -0.4 is 10.1 Å². The number of nitrogens with zero attached hydrogens (tertiary/aromatic N) is 2. The maximum Gasteiger partial charge on any atom is 0.224 e. The number of imidazole rings is 1. The molecule has 23 heavy (non-hydrogen) atoms. The number of aryl methyl sites for hydroxylation is 1. The Balaban J connectivity index is 1.34. The summed E-state index contributed by atoms with van der Waals surface area (Å²) in [7, 11) is 1.66. The molecule has 0 unspecified atom stereocenters. The second-order valence-corrected chi connectivity index (χ2v) is 6.46. The molecule has 0 bridgehead atoms. The summed E-state index contributed by atoms with van der Waals surface area (Å²) in [6, 6.07) is 8.28. The molecular weight excluding hydrogens is 290 g/mol. The Hall–Kier alpha value is -2.30. The van der Waals surface area contributed by atoms with E-state index in [9.17, 15) is 4.79 Å². The molecule has 0 spiro atoms. The molecule has 3 atom stereocenters. The Morgan fingerprint density at radius 1 is 1.35 bits per heavy atom. The minimum atomic E-state index is 0.118. The van der Waals surface area contributed by atoms with Gasteiger partial charge < -0.3 is 14.6 Å². The molecule has 5 nitrogen and oxygen atoms in total. The van der Waals surface area contributed by atoms with Gasteiger partial charge in [-0.1, -0.05) is 12.1 Å². The van der Waals surface area contributed by atoms with Crippen LogP contribution in [0, 0.1) is 5.92 Å². The van der Waals surface area contributed by atoms with E-state index in [1.165, 1.54) is 5.56 Å². The van der Waals surface area contributed by atoms with Crippen LogP contribution in [0.1, 0.15) is 30.1 Å². The van der Waals surface area contributed by atoms with Gasteiger partial charge in [0.05, 0.1) is 7.11 Å². The van der Waals surface area contributed by atoms with E-state index in [0.29, 0.717) is 5.92 Å². The monoisotopic (exact) mass is 311 g/mol. The molecule has 0 saturated heterocycles. The number of carbonyl (C=O) groups excluding carboxylic acids is 1. The largest absolute Gasteiger partial charge is 0.497 e. The van der Waals surface area contributed by atoms with Gasteiger partial charge in [0, 0.05) is 37.3 Å². The lowest BCUT2D eigenvalue weighted by atomic mass is 10.1. The molecule has 1 amide bonds. The predicted molar refractivity (Wildman–Crippen MR) is 86.3 cm³/mol. The van der Waals surface area contributed by atoms with Crippen molar-refractivity contribution in [1.29, 1.82) is 0 Å². The van der Waals surface area contributed by atoms with Crippen LogP contribution in [0.3, 0.4) is 0 Å². The average Bonchev–Trinajstić information content (AvgIpc) is 3.25. The molecule has 1 fully saturated rings. The topological polar surface area (TPSA) is 56.1 Å². The average molecular weight is 311 g/mol. The fourth-order valence-corrected chi connectivity index (χ4v) is 3.50. The van der Waals surface area contributed by atoms with Crippen LogP contribution >= 0.6 is 0 Å². The fourth-order valence-electron chi connectivity index (χ4n) is 3.50. The Bertz CT molecular complexity index is 707. The number of rotatable bonds is 4. The Kier molecular flexibility index (Phi) is 3.56. The van der Waals surface area contributed by atoms with Crippen LogP contribution in [0.4, 0.5) is 0 Å². The molecule has 2 aromatic rings. The lowest BCUT2D eigenvalue weighted by molar-refractivity contribution is -0.123. The first kappa shape index (κ1) is 14.3. The van der Waals surface area contributed by atoms with Crippen molar-refractivity contribution in [3.63, 3.8) is 0 Å². The van der Waals surface area contributed by atoms with Gasteiger partial charge >= 0.3 is 0 Å². The van der Waals surface area contributed by atoms with Crippen molar-refractivity contribution in [2.45, 2.75) is 37.8 Å². The summed E-state index contributed by atoms with van der Waals surface area (Å²) in [6.07, 6.45) is 6.68. The van der Waals surface area contributed by atoms with E-state index in [-0.39, 0.29) is 17.9 Å². The molecular formula is C18H21N3O2. The van der Waals surface area contributed by atoms with Crippen LogP contribution in [-0.2, 0) is 17.8 Å². The summed E-state index contributed by atoms with van der Waals surface area (Å²) in [5, 5.41) is 3.22. The number of amides is 1. The third-order valence-corrected chi connectivity index (χ3v) is 4.95. The van der Waals surface area contributed by atoms with Crippen molar-refractivity contribution in [2.24, 2.45) is 5.92 Å². The highest BCUT2D eigenvalue weighted by Gasteiger charge is 2.44. The molecule has 1 N–H and O–H groups in total. The Labute approximate surface area is 135 Å². The quantitative estimate of drug-likeness (QED) is 0.941.